The maximum atomic E-state index is 6.07. The first kappa shape index (κ1) is 11.3. The molecule has 2 aromatic rings. The molecule has 2 heterocycles. The van der Waals surface area contributed by atoms with Gasteiger partial charge < -0.3 is 5.73 Å². The minimum atomic E-state index is 0.369. The van der Waals surface area contributed by atoms with Crippen molar-refractivity contribution < 1.29 is 0 Å². The third-order valence-electron chi connectivity index (χ3n) is 2.20. The number of halogens is 2. The molecule has 0 unspecified atom stereocenters. The van der Waals surface area contributed by atoms with Crippen molar-refractivity contribution in [3.8, 4) is 5.82 Å². The molecule has 0 aromatic carbocycles. The quantitative estimate of drug-likeness (QED) is 0.877. The molecule has 2 aromatic heterocycles. The Kier molecular flexibility index (Phi) is 2.86. The van der Waals surface area contributed by atoms with Gasteiger partial charge in [-0.15, -0.1) is 0 Å². The molecule has 2 N–H and O–H groups in total. The molecular weight excluding hydrogens is 293 g/mol. The molecule has 0 bridgehead atoms. The molecule has 7 heteroatoms. The fourth-order valence-corrected chi connectivity index (χ4v) is 1.84. The highest BCUT2D eigenvalue weighted by Crippen LogP contribution is 2.27. The Balaban J connectivity index is 2.68. The standard InChI is InChI=1S/C9H9BrClN5/c1-4-7(11)5(2)16(15-4)9-6(10)8(12)13-3-14-9/h3H,1-2H3,(H2,12,13,14). The molecule has 0 saturated heterocycles. The molecule has 0 aliphatic carbocycles. The van der Waals surface area contributed by atoms with Gasteiger partial charge in [0, 0.05) is 0 Å². The molecule has 0 aliphatic rings. The Labute approximate surface area is 106 Å². The Morgan fingerprint density at radius 3 is 2.62 bits per heavy atom. The lowest BCUT2D eigenvalue weighted by molar-refractivity contribution is 0.797. The molecule has 0 fully saturated rings. The second-order valence-corrected chi connectivity index (χ2v) is 4.46. The molecule has 0 saturated carbocycles. The summed E-state index contributed by atoms with van der Waals surface area (Å²) in [5.74, 6) is 0.952. The van der Waals surface area contributed by atoms with Crippen LogP contribution >= 0.6 is 27.5 Å². The van der Waals surface area contributed by atoms with Gasteiger partial charge in [0.25, 0.3) is 0 Å². The summed E-state index contributed by atoms with van der Waals surface area (Å²) in [6.07, 6.45) is 1.39. The minimum absolute atomic E-state index is 0.369. The number of hydrogen-bond acceptors (Lipinski definition) is 4. The Hall–Kier alpha value is -1.14. The van der Waals surface area contributed by atoms with Crippen LogP contribution in [0.5, 0.6) is 0 Å². The Morgan fingerprint density at radius 2 is 2.06 bits per heavy atom. The summed E-state index contributed by atoms with van der Waals surface area (Å²) in [4.78, 5) is 8.00. The van der Waals surface area contributed by atoms with Crippen LogP contribution in [-0.4, -0.2) is 19.7 Å². The highest BCUT2D eigenvalue weighted by Gasteiger charge is 2.15. The fourth-order valence-electron chi connectivity index (χ4n) is 1.35. The van der Waals surface area contributed by atoms with Gasteiger partial charge in [-0.2, -0.15) is 5.10 Å². The van der Waals surface area contributed by atoms with Crippen LogP contribution in [0, 0.1) is 13.8 Å². The van der Waals surface area contributed by atoms with E-state index in [-0.39, 0.29) is 0 Å². The van der Waals surface area contributed by atoms with Gasteiger partial charge in [-0.1, -0.05) is 11.6 Å². The third kappa shape index (κ3) is 1.68. The first-order chi connectivity index (χ1) is 7.52. The number of rotatable bonds is 1. The van der Waals surface area contributed by atoms with Crippen molar-refractivity contribution in [3.63, 3.8) is 0 Å². The Morgan fingerprint density at radius 1 is 1.38 bits per heavy atom. The highest BCUT2D eigenvalue weighted by atomic mass is 79.9. The number of nitrogens with zero attached hydrogens (tertiary/aromatic N) is 4. The zero-order chi connectivity index (χ0) is 11.9. The Bertz CT molecular complexity index is 551. The van der Waals surface area contributed by atoms with E-state index < -0.39 is 0 Å². The van der Waals surface area contributed by atoms with Crippen LogP contribution in [-0.2, 0) is 0 Å². The van der Waals surface area contributed by atoms with Gasteiger partial charge in [0.15, 0.2) is 5.82 Å². The van der Waals surface area contributed by atoms with Gasteiger partial charge in [-0.05, 0) is 29.8 Å². The van der Waals surface area contributed by atoms with Crippen LogP contribution in [0.2, 0.25) is 5.02 Å². The monoisotopic (exact) mass is 301 g/mol. The van der Waals surface area contributed by atoms with Crippen molar-refractivity contribution in [1.82, 2.24) is 19.7 Å². The summed E-state index contributed by atoms with van der Waals surface area (Å²) >= 11 is 9.40. The number of aryl methyl sites for hydroxylation is 1. The van der Waals surface area contributed by atoms with Crippen LogP contribution in [0.1, 0.15) is 11.4 Å². The average molecular weight is 303 g/mol. The zero-order valence-corrected chi connectivity index (χ0v) is 11.0. The van der Waals surface area contributed by atoms with Gasteiger partial charge in [0.2, 0.25) is 0 Å². The largest absolute Gasteiger partial charge is 0.383 e. The van der Waals surface area contributed by atoms with Crippen LogP contribution in [0.25, 0.3) is 5.82 Å². The number of nitrogen functional groups attached to an aromatic ring is 1. The van der Waals surface area contributed by atoms with Crippen molar-refractivity contribution in [2.45, 2.75) is 13.8 Å². The van der Waals surface area contributed by atoms with E-state index in [0.29, 0.717) is 21.1 Å². The van der Waals surface area contributed by atoms with E-state index in [9.17, 15) is 0 Å². The summed E-state index contributed by atoms with van der Waals surface area (Å²) in [5, 5.41) is 4.92. The van der Waals surface area contributed by atoms with E-state index in [4.69, 9.17) is 17.3 Å². The normalized spacial score (nSPS) is 10.8. The molecule has 2 rings (SSSR count). The first-order valence-corrected chi connectivity index (χ1v) is 5.67. The predicted molar refractivity (Wildman–Crippen MR) is 65.8 cm³/mol. The summed E-state index contributed by atoms with van der Waals surface area (Å²) < 4.78 is 2.25. The fraction of sp³-hybridized carbons (Fsp3) is 0.222. The van der Waals surface area contributed by atoms with Crippen molar-refractivity contribution in [2.24, 2.45) is 0 Å². The smallest absolute Gasteiger partial charge is 0.173 e. The van der Waals surface area contributed by atoms with Crippen LogP contribution in [0.4, 0.5) is 5.82 Å². The molecule has 0 aliphatic heterocycles. The van der Waals surface area contributed by atoms with Gasteiger partial charge in [0.05, 0.1) is 16.4 Å². The minimum Gasteiger partial charge on any atom is -0.383 e. The lowest BCUT2D eigenvalue weighted by Crippen LogP contribution is -2.06. The van der Waals surface area contributed by atoms with Gasteiger partial charge in [-0.3, -0.25) is 0 Å². The third-order valence-corrected chi connectivity index (χ3v) is 3.51. The molecule has 0 spiro atoms. The van der Waals surface area contributed by atoms with E-state index in [1.807, 2.05) is 13.8 Å². The number of anilines is 1. The van der Waals surface area contributed by atoms with Crippen LogP contribution in [0.3, 0.4) is 0 Å². The molecule has 16 heavy (non-hydrogen) atoms. The van der Waals surface area contributed by atoms with Crippen LogP contribution in [0.15, 0.2) is 10.8 Å². The van der Waals surface area contributed by atoms with E-state index in [2.05, 4.69) is 31.0 Å². The molecule has 0 atom stereocenters. The number of aromatic nitrogens is 4. The molecular formula is C9H9BrClN5. The zero-order valence-electron chi connectivity index (χ0n) is 8.70. The van der Waals surface area contributed by atoms with E-state index in [1.165, 1.54) is 6.33 Å². The second kappa shape index (κ2) is 4.03. The maximum Gasteiger partial charge on any atom is 0.173 e. The van der Waals surface area contributed by atoms with Gasteiger partial charge in [0.1, 0.15) is 16.6 Å². The van der Waals surface area contributed by atoms with Crippen molar-refractivity contribution >= 4 is 33.3 Å². The second-order valence-electron chi connectivity index (χ2n) is 3.29. The predicted octanol–water partition coefficient (Wildman–Crippen LogP) is 2.28. The van der Waals surface area contributed by atoms with E-state index in [1.54, 1.807) is 4.68 Å². The van der Waals surface area contributed by atoms with Crippen molar-refractivity contribution in [2.75, 3.05) is 5.73 Å². The van der Waals surface area contributed by atoms with E-state index >= 15 is 0 Å². The first-order valence-electron chi connectivity index (χ1n) is 4.50. The van der Waals surface area contributed by atoms with Crippen LogP contribution < -0.4 is 5.73 Å². The number of hydrogen-bond donors (Lipinski definition) is 1. The average Bonchev–Trinajstić information content (AvgIpc) is 2.50. The highest BCUT2D eigenvalue weighted by molar-refractivity contribution is 9.10. The topological polar surface area (TPSA) is 69.6 Å². The molecule has 84 valence electrons. The van der Waals surface area contributed by atoms with Crippen molar-refractivity contribution in [1.29, 1.82) is 0 Å². The SMILES string of the molecule is Cc1nn(-c2ncnc(N)c2Br)c(C)c1Cl. The van der Waals surface area contributed by atoms with Gasteiger partial charge >= 0.3 is 0 Å². The van der Waals surface area contributed by atoms with Crippen molar-refractivity contribution in [3.05, 3.63) is 27.2 Å². The molecule has 0 amide bonds. The van der Waals surface area contributed by atoms with E-state index in [0.717, 1.165) is 11.4 Å². The lowest BCUT2D eigenvalue weighted by atomic mass is 10.4. The lowest BCUT2D eigenvalue weighted by Gasteiger charge is -2.06. The summed E-state index contributed by atoms with van der Waals surface area (Å²) in [6.45, 7) is 3.71. The summed E-state index contributed by atoms with van der Waals surface area (Å²) in [5.41, 5.74) is 7.25. The summed E-state index contributed by atoms with van der Waals surface area (Å²) in [7, 11) is 0. The van der Waals surface area contributed by atoms with Gasteiger partial charge in [-0.25, -0.2) is 14.6 Å². The molecule has 5 nitrogen and oxygen atoms in total. The summed E-state index contributed by atoms with van der Waals surface area (Å²) in [6, 6.07) is 0. The maximum absolute atomic E-state index is 6.07. The number of nitrogens with two attached hydrogens (primary N) is 1. The molecule has 0 radical (unpaired) electrons.